The lowest BCUT2D eigenvalue weighted by molar-refractivity contribution is -0.148. The van der Waals surface area contributed by atoms with Crippen molar-refractivity contribution in [2.45, 2.75) is 19.4 Å². The quantitative estimate of drug-likeness (QED) is 0.763. The fraction of sp³-hybridized carbons (Fsp3) is 0.222. The summed E-state index contributed by atoms with van der Waals surface area (Å²) in [6.07, 6.45) is -0.206. The van der Waals surface area contributed by atoms with Crippen LogP contribution < -0.4 is 5.32 Å². The molecule has 0 aliphatic rings. The molecule has 0 aliphatic heterocycles. The minimum atomic E-state index is -0.647. The van der Waals surface area contributed by atoms with Gasteiger partial charge in [0, 0.05) is 4.47 Å². The first-order valence-electron chi connectivity index (χ1n) is 7.39. The lowest BCUT2D eigenvalue weighted by atomic mass is 10.1. The van der Waals surface area contributed by atoms with Crippen LogP contribution in [0.4, 0.5) is 4.39 Å². The number of benzene rings is 2. The third kappa shape index (κ3) is 5.45. The minimum Gasteiger partial charge on any atom is -0.455 e. The van der Waals surface area contributed by atoms with Gasteiger partial charge in [-0.05, 0) is 36.2 Å². The van der Waals surface area contributed by atoms with E-state index in [0.717, 1.165) is 10.0 Å². The lowest BCUT2D eigenvalue weighted by Gasteiger charge is -2.14. The molecule has 0 radical (unpaired) electrons. The van der Waals surface area contributed by atoms with Crippen molar-refractivity contribution in [1.29, 1.82) is 0 Å². The number of ether oxygens (including phenoxy) is 1. The van der Waals surface area contributed by atoms with E-state index in [-0.39, 0.29) is 18.0 Å². The van der Waals surface area contributed by atoms with Gasteiger partial charge in [-0.3, -0.25) is 9.59 Å². The van der Waals surface area contributed by atoms with Gasteiger partial charge in [0.05, 0.1) is 12.5 Å². The molecule has 2 aromatic carbocycles. The van der Waals surface area contributed by atoms with Crippen LogP contribution in [0, 0.1) is 5.82 Å². The van der Waals surface area contributed by atoms with Crippen LogP contribution >= 0.6 is 15.9 Å². The molecule has 1 amide bonds. The minimum absolute atomic E-state index is 0.206. The first-order valence-corrected chi connectivity index (χ1v) is 8.19. The zero-order valence-corrected chi connectivity index (χ0v) is 14.7. The molecular weight excluding hydrogens is 377 g/mol. The van der Waals surface area contributed by atoms with Crippen molar-refractivity contribution in [3.05, 3.63) is 69.9 Å². The molecule has 0 unspecified atom stereocenters. The second-order valence-corrected chi connectivity index (χ2v) is 6.19. The van der Waals surface area contributed by atoms with E-state index in [2.05, 4.69) is 21.2 Å². The Labute approximate surface area is 148 Å². The zero-order valence-electron chi connectivity index (χ0n) is 13.1. The summed E-state index contributed by atoms with van der Waals surface area (Å²) in [6.45, 7) is 1.44. The molecule has 2 aromatic rings. The molecule has 0 spiro atoms. The average Bonchev–Trinajstić information content (AvgIpc) is 2.55. The number of rotatable bonds is 6. The van der Waals surface area contributed by atoms with E-state index < -0.39 is 24.3 Å². The van der Waals surface area contributed by atoms with Gasteiger partial charge in [0.1, 0.15) is 5.82 Å². The Morgan fingerprint density at radius 3 is 2.50 bits per heavy atom. The molecule has 0 aliphatic carbocycles. The third-order valence-corrected chi connectivity index (χ3v) is 3.93. The van der Waals surface area contributed by atoms with Gasteiger partial charge in [0.2, 0.25) is 0 Å². The Bertz CT molecular complexity index is 718. The Morgan fingerprint density at radius 2 is 1.83 bits per heavy atom. The van der Waals surface area contributed by atoms with Crippen molar-refractivity contribution in [2.75, 3.05) is 6.61 Å². The van der Waals surface area contributed by atoms with E-state index >= 15 is 0 Å². The van der Waals surface area contributed by atoms with Crippen molar-refractivity contribution < 1.29 is 18.7 Å². The van der Waals surface area contributed by atoms with Crippen molar-refractivity contribution >= 4 is 27.8 Å². The number of esters is 1. The highest BCUT2D eigenvalue weighted by molar-refractivity contribution is 9.10. The summed E-state index contributed by atoms with van der Waals surface area (Å²) in [6, 6.07) is 13.3. The van der Waals surface area contributed by atoms with Crippen LogP contribution in [0.15, 0.2) is 53.0 Å². The van der Waals surface area contributed by atoms with E-state index in [0.29, 0.717) is 0 Å². The van der Waals surface area contributed by atoms with Gasteiger partial charge in [-0.2, -0.15) is 0 Å². The molecule has 1 N–H and O–H groups in total. The van der Waals surface area contributed by atoms with E-state index in [9.17, 15) is 14.0 Å². The summed E-state index contributed by atoms with van der Waals surface area (Å²) in [5.41, 5.74) is 1.18. The van der Waals surface area contributed by atoms with Crippen LogP contribution in [-0.2, 0) is 20.7 Å². The van der Waals surface area contributed by atoms with Gasteiger partial charge in [0.25, 0.3) is 5.91 Å². The van der Waals surface area contributed by atoms with Crippen LogP contribution in [0.2, 0.25) is 0 Å². The van der Waals surface area contributed by atoms with E-state index in [1.165, 1.54) is 12.1 Å². The summed E-state index contributed by atoms with van der Waals surface area (Å²) < 4.78 is 19.3. The Kier molecular flexibility index (Phi) is 6.49. The van der Waals surface area contributed by atoms with Crippen molar-refractivity contribution in [3.8, 4) is 0 Å². The Hall–Kier alpha value is -2.21. The van der Waals surface area contributed by atoms with Crippen LogP contribution in [0.3, 0.4) is 0 Å². The normalized spacial score (nSPS) is 11.6. The zero-order chi connectivity index (χ0) is 17.5. The van der Waals surface area contributed by atoms with Gasteiger partial charge in [-0.1, -0.05) is 46.3 Å². The standard InChI is InChI=1S/C18H17BrFNO3/c1-12(13-6-8-15(19)9-7-13)21-17(22)11-24-18(23)10-14-4-2-3-5-16(14)20/h2-9,12H,10-11H2,1H3,(H,21,22)/t12-/m1/s1. The molecule has 4 nitrogen and oxygen atoms in total. The smallest absolute Gasteiger partial charge is 0.310 e. The topological polar surface area (TPSA) is 55.4 Å². The fourth-order valence-electron chi connectivity index (χ4n) is 2.11. The van der Waals surface area contributed by atoms with Crippen LogP contribution in [0.5, 0.6) is 0 Å². The number of nitrogens with one attached hydrogen (secondary N) is 1. The maximum atomic E-state index is 13.4. The first kappa shape index (κ1) is 18.1. The van der Waals surface area contributed by atoms with Crippen LogP contribution in [0.1, 0.15) is 24.1 Å². The number of carbonyl (C=O) groups is 2. The van der Waals surface area contributed by atoms with Gasteiger partial charge < -0.3 is 10.1 Å². The maximum Gasteiger partial charge on any atom is 0.310 e. The summed E-state index contributed by atoms with van der Waals surface area (Å²) in [7, 11) is 0. The molecule has 0 heterocycles. The first-order chi connectivity index (χ1) is 11.5. The highest BCUT2D eigenvalue weighted by Crippen LogP contribution is 2.16. The number of hydrogen-bond acceptors (Lipinski definition) is 3. The maximum absolute atomic E-state index is 13.4. The Morgan fingerprint density at radius 1 is 1.17 bits per heavy atom. The Balaban J connectivity index is 1.79. The molecule has 1 atom stereocenters. The predicted molar refractivity (Wildman–Crippen MR) is 91.8 cm³/mol. The second-order valence-electron chi connectivity index (χ2n) is 5.27. The second kappa shape index (κ2) is 8.59. The molecule has 0 aromatic heterocycles. The van der Waals surface area contributed by atoms with Gasteiger partial charge in [-0.25, -0.2) is 4.39 Å². The van der Waals surface area contributed by atoms with Gasteiger partial charge >= 0.3 is 5.97 Å². The SMILES string of the molecule is C[C@@H](NC(=O)COC(=O)Cc1ccccc1F)c1ccc(Br)cc1. The molecule has 126 valence electrons. The molecule has 2 rings (SSSR count). The number of carbonyl (C=O) groups excluding carboxylic acids is 2. The van der Waals surface area contributed by atoms with E-state index in [1.54, 1.807) is 12.1 Å². The largest absolute Gasteiger partial charge is 0.455 e. The number of halogens is 2. The van der Waals surface area contributed by atoms with E-state index in [1.807, 2.05) is 31.2 Å². The average molecular weight is 394 g/mol. The van der Waals surface area contributed by atoms with Crippen molar-refractivity contribution in [2.24, 2.45) is 0 Å². The lowest BCUT2D eigenvalue weighted by Crippen LogP contribution is -2.31. The third-order valence-electron chi connectivity index (χ3n) is 3.40. The summed E-state index contributed by atoms with van der Waals surface area (Å²) >= 11 is 3.35. The molecule has 0 saturated carbocycles. The van der Waals surface area contributed by atoms with Crippen molar-refractivity contribution in [1.82, 2.24) is 5.32 Å². The monoisotopic (exact) mass is 393 g/mol. The fourth-order valence-corrected chi connectivity index (χ4v) is 2.38. The number of hydrogen-bond donors (Lipinski definition) is 1. The predicted octanol–water partition coefficient (Wildman–Crippen LogP) is 3.55. The summed E-state index contributed by atoms with van der Waals surface area (Å²) in [5.74, 6) is -1.53. The highest BCUT2D eigenvalue weighted by atomic mass is 79.9. The molecule has 0 fully saturated rings. The summed E-state index contributed by atoms with van der Waals surface area (Å²) in [4.78, 5) is 23.5. The molecule has 6 heteroatoms. The summed E-state index contributed by atoms with van der Waals surface area (Å²) in [5, 5.41) is 2.74. The highest BCUT2D eigenvalue weighted by Gasteiger charge is 2.13. The molecule has 0 bridgehead atoms. The van der Waals surface area contributed by atoms with Crippen molar-refractivity contribution in [3.63, 3.8) is 0 Å². The number of amides is 1. The molecular formula is C18H17BrFNO3. The van der Waals surface area contributed by atoms with E-state index in [4.69, 9.17) is 4.74 Å². The molecule has 0 saturated heterocycles. The van der Waals surface area contributed by atoms with Crippen LogP contribution in [0.25, 0.3) is 0 Å². The molecule has 24 heavy (non-hydrogen) atoms. The van der Waals surface area contributed by atoms with Gasteiger partial charge in [0.15, 0.2) is 6.61 Å². The van der Waals surface area contributed by atoms with Gasteiger partial charge in [-0.15, -0.1) is 0 Å². The van der Waals surface area contributed by atoms with Crippen LogP contribution in [-0.4, -0.2) is 18.5 Å².